The van der Waals surface area contributed by atoms with Crippen LogP contribution >= 0.6 is 0 Å². The average molecular weight is 280 g/mol. The van der Waals surface area contributed by atoms with Crippen LogP contribution in [0.3, 0.4) is 0 Å². The number of benzene rings is 1. The second-order valence-electron chi connectivity index (χ2n) is 5.46. The van der Waals surface area contributed by atoms with E-state index in [1.54, 1.807) is 19.2 Å². The minimum atomic E-state index is -0.463. The van der Waals surface area contributed by atoms with Gasteiger partial charge in [-0.3, -0.25) is 0 Å². The molecule has 2 rings (SSSR count). The van der Waals surface area contributed by atoms with Gasteiger partial charge in [-0.2, -0.15) is 0 Å². The van der Waals surface area contributed by atoms with Crippen molar-refractivity contribution >= 4 is 0 Å². The fourth-order valence-corrected chi connectivity index (χ4v) is 2.89. The van der Waals surface area contributed by atoms with Crippen molar-refractivity contribution in [2.45, 2.75) is 44.8 Å². The van der Waals surface area contributed by atoms with Crippen molar-refractivity contribution in [1.29, 1.82) is 0 Å². The Labute approximate surface area is 120 Å². The number of hydrogen-bond acceptors (Lipinski definition) is 4. The van der Waals surface area contributed by atoms with Crippen molar-refractivity contribution in [3.8, 4) is 11.5 Å². The van der Waals surface area contributed by atoms with E-state index in [9.17, 15) is 10.2 Å². The van der Waals surface area contributed by atoms with Gasteiger partial charge in [0.05, 0.1) is 19.8 Å². The van der Waals surface area contributed by atoms with E-state index in [4.69, 9.17) is 9.47 Å². The van der Waals surface area contributed by atoms with Crippen molar-refractivity contribution in [2.75, 3.05) is 13.7 Å². The van der Waals surface area contributed by atoms with E-state index >= 15 is 0 Å². The highest BCUT2D eigenvalue weighted by Gasteiger charge is 2.20. The number of rotatable bonds is 7. The van der Waals surface area contributed by atoms with E-state index in [1.807, 2.05) is 6.07 Å². The Morgan fingerprint density at radius 2 is 2.05 bits per heavy atom. The van der Waals surface area contributed by atoms with Gasteiger partial charge in [0.25, 0.3) is 0 Å². The lowest BCUT2D eigenvalue weighted by molar-refractivity contribution is 0.0829. The minimum Gasteiger partial charge on any atom is -0.493 e. The molecule has 1 fully saturated rings. The summed E-state index contributed by atoms with van der Waals surface area (Å²) in [6.07, 6.45) is 5.32. The summed E-state index contributed by atoms with van der Waals surface area (Å²) in [5.41, 5.74) is 0.678. The third-order valence-electron chi connectivity index (χ3n) is 3.95. The molecule has 0 saturated heterocycles. The number of aliphatic hydroxyl groups is 2. The summed E-state index contributed by atoms with van der Waals surface area (Å²) in [7, 11) is 1.57. The molecule has 1 aliphatic rings. The molecule has 4 nitrogen and oxygen atoms in total. The predicted octanol–water partition coefficient (Wildman–Crippen LogP) is 2.51. The van der Waals surface area contributed by atoms with Gasteiger partial charge in [0.15, 0.2) is 11.5 Å². The molecule has 1 saturated carbocycles. The predicted molar refractivity (Wildman–Crippen MR) is 77.0 cm³/mol. The first-order chi connectivity index (χ1) is 9.74. The van der Waals surface area contributed by atoms with E-state index in [0.29, 0.717) is 23.0 Å². The van der Waals surface area contributed by atoms with Crippen molar-refractivity contribution in [1.82, 2.24) is 0 Å². The molecule has 0 aliphatic heterocycles. The second kappa shape index (κ2) is 7.50. The zero-order chi connectivity index (χ0) is 14.4. The first-order valence-electron chi connectivity index (χ1n) is 7.32. The Hall–Kier alpha value is -1.26. The van der Waals surface area contributed by atoms with E-state index < -0.39 is 6.10 Å². The maximum atomic E-state index is 10.1. The van der Waals surface area contributed by atoms with Crippen molar-refractivity contribution < 1.29 is 19.7 Å². The zero-order valence-electron chi connectivity index (χ0n) is 12.0. The summed E-state index contributed by atoms with van der Waals surface area (Å²) in [5, 5.41) is 19.4. The lowest BCUT2D eigenvalue weighted by atomic mass is 10.0. The molecule has 1 aromatic rings. The molecular weight excluding hydrogens is 256 g/mol. The van der Waals surface area contributed by atoms with Gasteiger partial charge in [-0.25, -0.2) is 0 Å². The van der Waals surface area contributed by atoms with Crippen LogP contribution in [-0.2, 0) is 6.61 Å². The van der Waals surface area contributed by atoms with Crippen LogP contribution in [-0.4, -0.2) is 30.0 Å². The number of para-hydroxylation sites is 1. The van der Waals surface area contributed by atoms with Crippen molar-refractivity contribution in [3.63, 3.8) is 0 Å². The van der Waals surface area contributed by atoms with E-state index in [0.717, 1.165) is 6.42 Å². The van der Waals surface area contributed by atoms with Gasteiger partial charge in [0, 0.05) is 5.56 Å². The van der Waals surface area contributed by atoms with Crippen molar-refractivity contribution in [2.24, 2.45) is 5.92 Å². The van der Waals surface area contributed by atoms with Crippen LogP contribution in [0.4, 0.5) is 0 Å². The van der Waals surface area contributed by atoms with E-state index in [2.05, 4.69) is 0 Å². The summed E-state index contributed by atoms with van der Waals surface area (Å²) in [6.45, 7) is 0.134. The quantitative estimate of drug-likeness (QED) is 0.805. The summed E-state index contributed by atoms with van der Waals surface area (Å²) in [6, 6.07) is 5.39. The molecule has 112 valence electrons. The van der Waals surface area contributed by atoms with Gasteiger partial charge in [-0.05, 0) is 18.4 Å². The molecule has 1 atom stereocenters. The smallest absolute Gasteiger partial charge is 0.166 e. The summed E-state index contributed by atoms with van der Waals surface area (Å²) in [4.78, 5) is 0. The Bertz CT molecular complexity index is 391. The Morgan fingerprint density at radius 1 is 1.30 bits per heavy atom. The molecular formula is C16H24O4. The number of ether oxygens (including phenoxy) is 2. The molecule has 1 aliphatic carbocycles. The monoisotopic (exact) mass is 280 g/mol. The standard InChI is InChI=1S/C16H24O4/c1-19-15-8-4-7-13(10-17)16(15)20-11-14(18)9-12-5-2-3-6-12/h4,7-8,12,14,17-18H,2-3,5-6,9-11H2,1H3. The Balaban J connectivity index is 1.92. The SMILES string of the molecule is COc1cccc(CO)c1OCC(O)CC1CCCC1. The maximum Gasteiger partial charge on any atom is 0.166 e. The third-order valence-corrected chi connectivity index (χ3v) is 3.95. The van der Waals surface area contributed by atoms with Gasteiger partial charge in [0.2, 0.25) is 0 Å². The fraction of sp³-hybridized carbons (Fsp3) is 0.625. The topological polar surface area (TPSA) is 58.9 Å². The molecule has 0 heterocycles. The minimum absolute atomic E-state index is 0.106. The molecule has 2 N–H and O–H groups in total. The van der Waals surface area contributed by atoms with Gasteiger partial charge >= 0.3 is 0 Å². The van der Waals surface area contributed by atoms with Crippen LogP contribution in [0.2, 0.25) is 0 Å². The van der Waals surface area contributed by atoms with Crippen molar-refractivity contribution in [3.05, 3.63) is 23.8 Å². The number of methoxy groups -OCH3 is 1. The molecule has 4 heteroatoms. The lowest BCUT2D eigenvalue weighted by Crippen LogP contribution is -2.21. The second-order valence-corrected chi connectivity index (χ2v) is 5.46. The highest BCUT2D eigenvalue weighted by atomic mass is 16.5. The lowest BCUT2D eigenvalue weighted by Gasteiger charge is -2.18. The van der Waals surface area contributed by atoms with E-state index in [-0.39, 0.29) is 13.2 Å². The number of hydrogen-bond donors (Lipinski definition) is 2. The molecule has 0 bridgehead atoms. The Morgan fingerprint density at radius 3 is 2.70 bits per heavy atom. The number of aliphatic hydroxyl groups excluding tert-OH is 2. The van der Waals surface area contributed by atoms with Crippen LogP contribution in [0.25, 0.3) is 0 Å². The van der Waals surface area contributed by atoms with Gasteiger partial charge < -0.3 is 19.7 Å². The van der Waals surface area contributed by atoms with Crippen LogP contribution < -0.4 is 9.47 Å². The summed E-state index contributed by atoms with van der Waals surface area (Å²) < 4.78 is 10.9. The van der Waals surface area contributed by atoms with E-state index in [1.165, 1.54) is 25.7 Å². The highest BCUT2D eigenvalue weighted by Crippen LogP contribution is 2.32. The fourth-order valence-electron chi connectivity index (χ4n) is 2.89. The average Bonchev–Trinajstić information content (AvgIpc) is 2.97. The summed E-state index contributed by atoms with van der Waals surface area (Å²) in [5.74, 6) is 1.75. The molecule has 20 heavy (non-hydrogen) atoms. The molecule has 0 radical (unpaired) electrons. The molecule has 0 aromatic heterocycles. The molecule has 0 amide bonds. The molecule has 0 spiro atoms. The van der Waals surface area contributed by atoms with Crippen LogP contribution in [0.1, 0.15) is 37.7 Å². The largest absolute Gasteiger partial charge is 0.493 e. The molecule has 1 unspecified atom stereocenters. The maximum absolute atomic E-state index is 10.1. The van der Waals surface area contributed by atoms with Crippen LogP contribution in [0.5, 0.6) is 11.5 Å². The normalized spacial score (nSPS) is 17.1. The Kier molecular flexibility index (Phi) is 5.68. The first kappa shape index (κ1) is 15.1. The highest BCUT2D eigenvalue weighted by molar-refractivity contribution is 5.46. The van der Waals surface area contributed by atoms with Crippen LogP contribution in [0.15, 0.2) is 18.2 Å². The van der Waals surface area contributed by atoms with Gasteiger partial charge in [-0.15, -0.1) is 0 Å². The van der Waals surface area contributed by atoms with Gasteiger partial charge in [-0.1, -0.05) is 37.8 Å². The van der Waals surface area contributed by atoms with Crippen LogP contribution in [0, 0.1) is 5.92 Å². The van der Waals surface area contributed by atoms with Gasteiger partial charge in [0.1, 0.15) is 6.61 Å². The first-order valence-corrected chi connectivity index (χ1v) is 7.32. The zero-order valence-corrected chi connectivity index (χ0v) is 12.0. The third kappa shape index (κ3) is 3.87. The summed E-state index contributed by atoms with van der Waals surface area (Å²) >= 11 is 0. The molecule has 1 aromatic carbocycles.